The second kappa shape index (κ2) is 7.61. The number of nitrogens with one attached hydrogen (secondary N) is 1. The predicted molar refractivity (Wildman–Crippen MR) is 115 cm³/mol. The Morgan fingerprint density at radius 1 is 1.03 bits per heavy atom. The molecule has 1 N–H and O–H groups in total. The summed E-state index contributed by atoms with van der Waals surface area (Å²) in [6.07, 6.45) is 0. The van der Waals surface area contributed by atoms with E-state index in [2.05, 4.69) is 43.4 Å². The fraction of sp³-hybridized carbons (Fsp3) is 0.0909. The van der Waals surface area contributed by atoms with Crippen molar-refractivity contribution in [1.82, 2.24) is 30.2 Å². The number of ether oxygens (including phenoxy) is 1. The summed E-state index contributed by atoms with van der Waals surface area (Å²) in [6.45, 7) is 0.558. The lowest BCUT2D eigenvalue weighted by Crippen LogP contribution is -2.04. The van der Waals surface area contributed by atoms with E-state index < -0.39 is 0 Å². The standard InChI is InChI=1S/C22H17ClN6O/c1-30-21-11-15-10-19(14-6-3-2-4-7-14)29(20(15)12-17(21)23)13-16-8-5-9-18(24-16)22-25-27-28-26-22/h2-12H,13H2,1H3,(H,25,26,27,28). The predicted octanol–water partition coefficient (Wildman–Crippen LogP) is 4.59. The van der Waals surface area contributed by atoms with Crippen LogP contribution in [-0.2, 0) is 6.54 Å². The zero-order valence-electron chi connectivity index (χ0n) is 16.1. The van der Waals surface area contributed by atoms with Gasteiger partial charge in [0.15, 0.2) is 0 Å². The first kappa shape index (κ1) is 18.3. The van der Waals surface area contributed by atoms with Crippen LogP contribution < -0.4 is 4.74 Å². The van der Waals surface area contributed by atoms with Gasteiger partial charge in [0.1, 0.15) is 11.4 Å². The molecule has 0 fully saturated rings. The van der Waals surface area contributed by atoms with Crippen LogP contribution in [0, 0.1) is 0 Å². The zero-order valence-corrected chi connectivity index (χ0v) is 16.8. The first-order valence-corrected chi connectivity index (χ1v) is 9.72. The maximum atomic E-state index is 6.45. The molecule has 0 saturated heterocycles. The van der Waals surface area contributed by atoms with Gasteiger partial charge in [0, 0.05) is 11.1 Å². The summed E-state index contributed by atoms with van der Waals surface area (Å²) in [5.74, 6) is 1.11. The smallest absolute Gasteiger partial charge is 0.222 e. The number of hydrogen-bond acceptors (Lipinski definition) is 5. The van der Waals surface area contributed by atoms with E-state index in [0.717, 1.165) is 27.9 Å². The minimum absolute atomic E-state index is 0.463. The molecule has 7 nitrogen and oxygen atoms in total. The third-order valence-corrected chi connectivity index (χ3v) is 5.24. The molecular weight excluding hydrogens is 400 g/mol. The molecule has 0 atom stereocenters. The number of fused-ring (bicyclic) bond motifs is 1. The first-order valence-electron chi connectivity index (χ1n) is 9.35. The molecule has 5 aromatic rings. The number of tetrazole rings is 1. The lowest BCUT2D eigenvalue weighted by atomic mass is 10.1. The number of H-pyrrole nitrogens is 1. The van der Waals surface area contributed by atoms with Crippen LogP contribution in [0.15, 0.2) is 66.7 Å². The molecule has 0 aliphatic rings. The van der Waals surface area contributed by atoms with E-state index in [0.29, 0.717) is 28.8 Å². The van der Waals surface area contributed by atoms with Crippen LogP contribution in [-0.4, -0.2) is 37.3 Å². The van der Waals surface area contributed by atoms with Crippen molar-refractivity contribution in [2.24, 2.45) is 0 Å². The van der Waals surface area contributed by atoms with Crippen LogP contribution in [0.4, 0.5) is 0 Å². The highest BCUT2D eigenvalue weighted by molar-refractivity contribution is 6.32. The molecule has 2 aromatic carbocycles. The highest BCUT2D eigenvalue weighted by Crippen LogP contribution is 2.35. The summed E-state index contributed by atoms with van der Waals surface area (Å²) in [6, 6.07) is 22.1. The lowest BCUT2D eigenvalue weighted by Gasteiger charge is -2.12. The van der Waals surface area contributed by atoms with E-state index in [1.54, 1.807) is 7.11 Å². The monoisotopic (exact) mass is 416 g/mol. The summed E-state index contributed by atoms with van der Waals surface area (Å²) in [5.41, 5.74) is 4.73. The Labute approximate surface area is 177 Å². The molecule has 0 amide bonds. The normalized spacial score (nSPS) is 11.1. The van der Waals surface area contributed by atoms with Crippen LogP contribution in [0.25, 0.3) is 33.7 Å². The number of nitrogens with zero attached hydrogens (tertiary/aromatic N) is 5. The highest BCUT2D eigenvalue weighted by atomic mass is 35.5. The van der Waals surface area contributed by atoms with Gasteiger partial charge in [-0.2, -0.15) is 5.21 Å². The van der Waals surface area contributed by atoms with Crippen LogP contribution in [0.3, 0.4) is 0 Å². The van der Waals surface area contributed by atoms with Gasteiger partial charge in [-0.3, -0.25) is 0 Å². The second-order valence-electron chi connectivity index (χ2n) is 6.78. The van der Waals surface area contributed by atoms with Crippen LogP contribution in [0.1, 0.15) is 5.69 Å². The van der Waals surface area contributed by atoms with Crippen molar-refractivity contribution < 1.29 is 4.74 Å². The third-order valence-electron chi connectivity index (χ3n) is 4.95. The van der Waals surface area contributed by atoms with Crippen LogP contribution >= 0.6 is 11.6 Å². The molecule has 5 rings (SSSR count). The number of hydrogen-bond donors (Lipinski definition) is 1. The van der Waals surface area contributed by atoms with Gasteiger partial charge >= 0.3 is 0 Å². The van der Waals surface area contributed by atoms with Gasteiger partial charge in [0.05, 0.1) is 29.9 Å². The average molecular weight is 417 g/mol. The van der Waals surface area contributed by atoms with Crippen molar-refractivity contribution in [1.29, 1.82) is 0 Å². The van der Waals surface area contributed by atoms with Gasteiger partial charge in [-0.25, -0.2) is 4.98 Å². The van der Waals surface area contributed by atoms with Gasteiger partial charge < -0.3 is 9.30 Å². The number of halogens is 1. The summed E-state index contributed by atoms with van der Waals surface area (Å²) in [4.78, 5) is 4.72. The first-order chi connectivity index (χ1) is 14.7. The Morgan fingerprint density at radius 2 is 1.90 bits per heavy atom. The van der Waals surface area contributed by atoms with Gasteiger partial charge in [-0.1, -0.05) is 48.0 Å². The molecule has 0 aliphatic carbocycles. The van der Waals surface area contributed by atoms with E-state index in [1.807, 2.05) is 48.5 Å². The number of rotatable bonds is 5. The average Bonchev–Trinajstić information content (AvgIpc) is 3.43. The minimum Gasteiger partial charge on any atom is -0.495 e. The summed E-state index contributed by atoms with van der Waals surface area (Å²) in [5, 5.41) is 15.7. The number of aromatic amines is 1. The fourth-order valence-electron chi connectivity index (χ4n) is 3.56. The summed E-state index contributed by atoms with van der Waals surface area (Å²) < 4.78 is 7.61. The minimum atomic E-state index is 0.463. The molecule has 0 unspecified atom stereocenters. The lowest BCUT2D eigenvalue weighted by molar-refractivity contribution is 0.415. The van der Waals surface area contributed by atoms with Crippen molar-refractivity contribution in [2.75, 3.05) is 7.11 Å². The molecule has 148 valence electrons. The Hall–Kier alpha value is -3.71. The summed E-state index contributed by atoms with van der Waals surface area (Å²) in [7, 11) is 1.62. The van der Waals surface area contributed by atoms with E-state index in [-0.39, 0.29) is 0 Å². The zero-order chi connectivity index (χ0) is 20.5. The molecule has 3 aromatic heterocycles. The Bertz CT molecular complexity index is 1310. The van der Waals surface area contributed by atoms with E-state index in [4.69, 9.17) is 21.3 Å². The van der Waals surface area contributed by atoms with Gasteiger partial charge in [0.25, 0.3) is 0 Å². The van der Waals surface area contributed by atoms with Gasteiger partial charge in [-0.05, 0) is 41.1 Å². The van der Waals surface area contributed by atoms with Crippen molar-refractivity contribution in [3.8, 4) is 28.5 Å². The SMILES string of the molecule is COc1cc2cc(-c3ccccc3)n(Cc3cccc(-c4nn[nH]n4)n3)c2cc1Cl. The van der Waals surface area contributed by atoms with E-state index in [9.17, 15) is 0 Å². The topological polar surface area (TPSA) is 81.5 Å². The number of benzene rings is 2. The molecule has 3 heterocycles. The van der Waals surface area contributed by atoms with Crippen molar-refractivity contribution in [2.45, 2.75) is 6.54 Å². The van der Waals surface area contributed by atoms with Crippen molar-refractivity contribution in [3.63, 3.8) is 0 Å². The van der Waals surface area contributed by atoms with Crippen LogP contribution in [0.5, 0.6) is 5.75 Å². The third kappa shape index (κ3) is 3.29. The second-order valence-corrected chi connectivity index (χ2v) is 7.18. The fourth-order valence-corrected chi connectivity index (χ4v) is 3.80. The van der Waals surface area contributed by atoms with Gasteiger partial charge in [0.2, 0.25) is 5.82 Å². The molecule has 0 spiro atoms. The van der Waals surface area contributed by atoms with E-state index >= 15 is 0 Å². The molecule has 0 radical (unpaired) electrons. The molecule has 0 aliphatic heterocycles. The largest absolute Gasteiger partial charge is 0.495 e. The van der Waals surface area contributed by atoms with Crippen molar-refractivity contribution >= 4 is 22.5 Å². The number of pyridine rings is 1. The molecular formula is C22H17ClN6O. The maximum Gasteiger partial charge on any atom is 0.222 e. The molecule has 8 heteroatoms. The highest BCUT2D eigenvalue weighted by Gasteiger charge is 2.15. The van der Waals surface area contributed by atoms with Gasteiger partial charge in [-0.15, -0.1) is 10.2 Å². The Kier molecular flexibility index (Phi) is 4.65. The molecule has 0 bridgehead atoms. The van der Waals surface area contributed by atoms with Crippen molar-refractivity contribution in [3.05, 3.63) is 77.4 Å². The summed E-state index contributed by atoms with van der Waals surface area (Å²) >= 11 is 6.45. The number of aromatic nitrogens is 6. The molecule has 30 heavy (non-hydrogen) atoms. The van der Waals surface area contributed by atoms with E-state index in [1.165, 1.54) is 0 Å². The Morgan fingerprint density at radius 3 is 2.67 bits per heavy atom. The number of methoxy groups -OCH3 is 1. The Balaban J connectivity index is 1.66. The maximum absolute atomic E-state index is 6.45. The molecule has 0 saturated carbocycles. The van der Waals surface area contributed by atoms with Crippen LogP contribution in [0.2, 0.25) is 5.02 Å². The quantitative estimate of drug-likeness (QED) is 0.453.